The lowest BCUT2D eigenvalue weighted by Crippen LogP contribution is -2.30. The standard InChI is InChI=1S/C56H108O6/c1-5-7-9-11-13-15-17-22-27-31-35-39-43-47-54(57)60-50-53(62-56(59)49-45-41-37-33-29-23-18-16-14-12-10-8-6-2)51-61-55(58)48-44-40-36-32-28-25-21-19-20-24-26-30-34-38-42-46-52(3)4/h52-53H,5-51H2,1-4H3/t53-/m1/s1. The first-order valence-electron chi connectivity index (χ1n) is 27.9. The fraction of sp³-hybridized carbons (Fsp3) is 0.946. The molecule has 6 nitrogen and oxygen atoms in total. The molecule has 0 fully saturated rings. The van der Waals surface area contributed by atoms with E-state index in [1.807, 2.05) is 0 Å². The van der Waals surface area contributed by atoms with E-state index in [9.17, 15) is 14.4 Å². The highest BCUT2D eigenvalue weighted by atomic mass is 16.6. The van der Waals surface area contributed by atoms with Crippen LogP contribution in [0.15, 0.2) is 0 Å². The first-order chi connectivity index (χ1) is 30.4. The molecule has 0 aromatic rings. The molecule has 0 radical (unpaired) electrons. The lowest BCUT2D eigenvalue weighted by atomic mass is 10.0. The first-order valence-corrected chi connectivity index (χ1v) is 27.9. The van der Waals surface area contributed by atoms with Gasteiger partial charge in [0.25, 0.3) is 0 Å². The lowest BCUT2D eigenvalue weighted by Gasteiger charge is -2.18. The summed E-state index contributed by atoms with van der Waals surface area (Å²) in [4.78, 5) is 38.0. The van der Waals surface area contributed by atoms with Crippen LogP contribution in [0.4, 0.5) is 0 Å². The van der Waals surface area contributed by atoms with Crippen LogP contribution in [0.25, 0.3) is 0 Å². The summed E-state index contributed by atoms with van der Waals surface area (Å²) in [6, 6.07) is 0. The van der Waals surface area contributed by atoms with Crippen LogP contribution in [0, 0.1) is 5.92 Å². The summed E-state index contributed by atoms with van der Waals surface area (Å²) in [5.74, 6) is 0.0114. The van der Waals surface area contributed by atoms with Crippen molar-refractivity contribution in [3.63, 3.8) is 0 Å². The summed E-state index contributed by atoms with van der Waals surface area (Å²) in [5, 5.41) is 0. The molecule has 6 heteroatoms. The Morgan fingerprint density at radius 1 is 0.306 bits per heavy atom. The summed E-state index contributed by atoms with van der Waals surface area (Å²) >= 11 is 0. The zero-order chi connectivity index (χ0) is 45.2. The summed E-state index contributed by atoms with van der Waals surface area (Å²) in [6.45, 7) is 9.06. The minimum Gasteiger partial charge on any atom is -0.462 e. The monoisotopic (exact) mass is 877 g/mol. The Kier molecular flexibility index (Phi) is 49.1. The molecule has 368 valence electrons. The molecule has 0 saturated carbocycles. The van der Waals surface area contributed by atoms with E-state index in [0.29, 0.717) is 19.3 Å². The third kappa shape index (κ3) is 49.4. The van der Waals surface area contributed by atoms with Gasteiger partial charge in [0.2, 0.25) is 0 Å². The Morgan fingerprint density at radius 3 is 0.790 bits per heavy atom. The number of rotatable bonds is 51. The second-order valence-corrected chi connectivity index (χ2v) is 19.7. The van der Waals surface area contributed by atoms with E-state index in [1.54, 1.807) is 0 Å². The molecular weight excluding hydrogens is 769 g/mol. The van der Waals surface area contributed by atoms with Crippen molar-refractivity contribution in [2.45, 2.75) is 323 Å². The summed E-state index contributed by atoms with van der Waals surface area (Å²) in [5.41, 5.74) is 0. The Balaban J connectivity index is 4.27. The van der Waals surface area contributed by atoms with Gasteiger partial charge < -0.3 is 14.2 Å². The molecule has 0 aliphatic heterocycles. The smallest absolute Gasteiger partial charge is 0.306 e. The zero-order valence-corrected chi connectivity index (χ0v) is 42.3. The van der Waals surface area contributed by atoms with Gasteiger partial charge in [-0.05, 0) is 25.2 Å². The number of carbonyl (C=O) groups is 3. The van der Waals surface area contributed by atoms with Gasteiger partial charge in [-0.15, -0.1) is 0 Å². The summed E-state index contributed by atoms with van der Waals surface area (Å²) in [6.07, 6.45) is 53.7. The number of unbranched alkanes of at least 4 members (excludes halogenated alkanes) is 38. The topological polar surface area (TPSA) is 78.9 Å². The van der Waals surface area contributed by atoms with Crippen LogP contribution < -0.4 is 0 Å². The molecule has 0 saturated heterocycles. The highest BCUT2D eigenvalue weighted by molar-refractivity contribution is 5.71. The van der Waals surface area contributed by atoms with E-state index in [2.05, 4.69) is 27.7 Å². The second-order valence-electron chi connectivity index (χ2n) is 19.7. The molecule has 0 heterocycles. The molecule has 62 heavy (non-hydrogen) atoms. The molecule has 0 aliphatic carbocycles. The van der Waals surface area contributed by atoms with Crippen LogP contribution in [0.3, 0.4) is 0 Å². The summed E-state index contributed by atoms with van der Waals surface area (Å²) in [7, 11) is 0. The van der Waals surface area contributed by atoms with E-state index >= 15 is 0 Å². The molecule has 0 bridgehead atoms. The maximum absolute atomic E-state index is 12.8. The molecule has 1 atom stereocenters. The Labute approximate surface area is 387 Å². The molecule has 0 aromatic carbocycles. The molecular formula is C56H108O6. The number of hydrogen-bond donors (Lipinski definition) is 0. The fourth-order valence-corrected chi connectivity index (χ4v) is 8.57. The van der Waals surface area contributed by atoms with E-state index in [0.717, 1.165) is 63.7 Å². The highest BCUT2D eigenvalue weighted by Gasteiger charge is 2.19. The van der Waals surface area contributed by atoms with Crippen LogP contribution in [-0.4, -0.2) is 37.2 Å². The Morgan fingerprint density at radius 2 is 0.532 bits per heavy atom. The van der Waals surface area contributed by atoms with Gasteiger partial charge in [0.1, 0.15) is 13.2 Å². The van der Waals surface area contributed by atoms with Gasteiger partial charge >= 0.3 is 17.9 Å². The van der Waals surface area contributed by atoms with Crippen LogP contribution in [0.5, 0.6) is 0 Å². The van der Waals surface area contributed by atoms with Crippen molar-refractivity contribution in [1.82, 2.24) is 0 Å². The van der Waals surface area contributed by atoms with Gasteiger partial charge in [-0.2, -0.15) is 0 Å². The molecule has 0 aromatic heterocycles. The van der Waals surface area contributed by atoms with E-state index in [4.69, 9.17) is 14.2 Å². The maximum Gasteiger partial charge on any atom is 0.306 e. The molecule has 0 aliphatic rings. The van der Waals surface area contributed by atoms with Gasteiger partial charge in [0.05, 0.1) is 0 Å². The summed E-state index contributed by atoms with van der Waals surface area (Å²) < 4.78 is 16.9. The van der Waals surface area contributed by atoms with E-state index < -0.39 is 6.10 Å². The molecule has 0 rings (SSSR count). The SMILES string of the molecule is CCCCCCCCCCCCCCCC(=O)OC[C@H](COC(=O)CCCCCCCCCCCCCCCCCC(C)C)OC(=O)CCCCCCCCCCCCCCC. The van der Waals surface area contributed by atoms with Crippen molar-refractivity contribution in [1.29, 1.82) is 0 Å². The van der Waals surface area contributed by atoms with E-state index in [1.165, 1.54) is 212 Å². The minimum absolute atomic E-state index is 0.0620. The van der Waals surface area contributed by atoms with Crippen molar-refractivity contribution < 1.29 is 28.6 Å². The van der Waals surface area contributed by atoms with Crippen molar-refractivity contribution in [3.8, 4) is 0 Å². The van der Waals surface area contributed by atoms with Crippen molar-refractivity contribution >= 4 is 17.9 Å². The lowest BCUT2D eigenvalue weighted by molar-refractivity contribution is -0.167. The zero-order valence-electron chi connectivity index (χ0n) is 42.3. The average molecular weight is 877 g/mol. The number of ether oxygens (including phenoxy) is 3. The quantitative estimate of drug-likeness (QED) is 0.0344. The van der Waals surface area contributed by atoms with Crippen molar-refractivity contribution in [2.24, 2.45) is 5.92 Å². The molecule has 0 unspecified atom stereocenters. The number of carbonyl (C=O) groups excluding carboxylic acids is 3. The number of hydrogen-bond acceptors (Lipinski definition) is 6. The average Bonchev–Trinajstić information content (AvgIpc) is 3.26. The van der Waals surface area contributed by atoms with Crippen molar-refractivity contribution in [3.05, 3.63) is 0 Å². The largest absolute Gasteiger partial charge is 0.462 e. The van der Waals surface area contributed by atoms with Crippen LogP contribution >= 0.6 is 0 Å². The van der Waals surface area contributed by atoms with E-state index in [-0.39, 0.29) is 31.1 Å². The fourth-order valence-electron chi connectivity index (χ4n) is 8.57. The van der Waals surface area contributed by atoms with Crippen molar-refractivity contribution in [2.75, 3.05) is 13.2 Å². The maximum atomic E-state index is 12.8. The van der Waals surface area contributed by atoms with Gasteiger partial charge in [-0.3, -0.25) is 14.4 Å². The predicted molar refractivity (Wildman–Crippen MR) is 266 cm³/mol. The van der Waals surface area contributed by atoms with Gasteiger partial charge in [-0.25, -0.2) is 0 Å². The van der Waals surface area contributed by atoms with Crippen LogP contribution in [0.2, 0.25) is 0 Å². The van der Waals surface area contributed by atoms with Gasteiger partial charge in [0, 0.05) is 19.3 Å². The molecule has 0 N–H and O–H groups in total. The minimum atomic E-state index is -0.761. The Bertz CT molecular complexity index is 933. The first kappa shape index (κ1) is 60.4. The second kappa shape index (κ2) is 50.4. The van der Waals surface area contributed by atoms with Crippen LogP contribution in [0.1, 0.15) is 317 Å². The third-order valence-corrected chi connectivity index (χ3v) is 12.8. The third-order valence-electron chi connectivity index (χ3n) is 12.8. The normalized spacial score (nSPS) is 12.0. The van der Waals surface area contributed by atoms with Gasteiger partial charge in [-0.1, -0.05) is 278 Å². The van der Waals surface area contributed by atoms with Gasteiger partial charge in [0.15, 0.2) is 6.10 Å². The predicted octanol–water partition coefficient (Wildman–Crippen LogP) is 18.2. The molecule has 0 spiro atoms. The van der Waals surface area contributed by atoms with Crippen LogP contribution in [-0.2, 0) is 28.6 Å². The highest BCUT2D eigenvalue weighted by Crippen LogP contribution is 2.18. The molecule has 0 amide bonds. The Hall–Kier alpha value is -1.59. The number of esters is 3.